The summed E-state index contributed by atoms with van der Waals surface area (Å²) in [5.74, 6) is -1.43. The van der Waals surface area contributed by atoms with E-state index in [0.717, 1.165) is 4.90 Å². The molecule has 2 heterocycles. The maximum Gasteiger partial charge on any atom is 0.338 e. The number of esters is 1. The predicted molar refractivity (Wildman–Crippen MR) is 88.3 cm³/mol. The summed E-state index contributed by atoms with van der Waals surface area (Å²) in [6, 6.07) is 7.54. The van der Waals surface area contributed by atoms with E-state index < -0.39 is 30.3 Å². The first-order valence-corrected chi connectivity index (χ1v) is 7.78. The smallest absolute Gasteiger partial charge is 0.338 e. The molecule has 1 aliphatic rings. The highest BCUT2D eigenvalue weighted by molar-refractivity contribution is 6.21. The van der Waals surface area contributed by atoms with E-state index in [2.05, 4.69) is 0 Å². The lowest BCUT2D eigenvalue weighted by Crippen LogP contribution is -2.30. The molecular formula is C18H16N2O6. The molecule has 8 nitrogen and oxygen atoms in total. The normalized spacial score (nSPS) is 12.9. The number of hydrogen-bond acceptors (Lipinski definition) is 6. The molecule has 3 amide bonds. The van der Waals surface area contributed by atoms with Crippen LogP contribution in [-0.2, 0) is 16.1 Å². The lowest BCUT2D eigenvalue weighted by molar-refractivity contribution is -0.133. The summed E-state index contributed by atoms with van der Waals surface area (Å²) in [4.78, 5) is 50.3. The van der Waals surface area contributed by atoms with Crippen LogP contribution in [0.15, 0.2) is 41.0 Å². The monoisotopic (exact) mass is 356 g/mol. The van der Waals surface area contributed by atoms with E-state index in [4.69, 9.17) is 9.15 Å². The van der Waals surface area contributed by atoms with Crippen molar-refractivity contribution >= 4 is 23.7 Å². The first kappa shape index (κ1) is 17.4. The van der Waals surface area contributed by atoms with Gasteiger partial charge in [0.2, 0.25) is 0 Å². The summed E-state index contributed by atoms with van der Waals surface area (Å²) in [6.07, 6.45) is 1.50. The number of fused-ring (bicyclic) bond motifs is 1. The number of ether oxygens (including phenoxy) is 1. The Labute approximate surface area is 148 Å². The largest absolute Gasteiger partial charge is 0.467 e. The SMILES string of the molecule is CN(Cc1ccco1)C(=O)COC(=O)c1ccc2c(c1)C(=O)N(C)C2=O. The van der Waals surface area contributed by atoms with E-state index in [-0.39, 0.29) is 23.2 Å². The molecule has 134 valence electrons. The molecule has 0 unspecified atom stereocenters. The zero-order chi connectivity index (χ0) is 18.8. The van der Waals surface area contributed by atoms with Crippen LogP contribution < -0.4 is 0 Å². The van der Waals surface area contributed by atoms with Crippen molar-refractivity contribution in [3.63, 3.8) is 0 Å². The van der Waals surface area contributed by atoms with Gasteiger partial charge in [0.25, 0.3) is 17.7 Å². The van der Waals surface area contributed by atoms with Gasteiger partial charge in [-0.15, -0.1) is 0 Å². The number of likely N-dealkylation sites (N-methyl/N-ethyl adjacent to an activating group) is 1. The topological polar surface area (TPSA) is 97.1 Å². The molecule has 1 aromatic heterocycles. The Morgan fingerprint density at radius 2 is 1.88 bits per heavy atom. The van der Waals surface area contributed by atoms with Crippen LogP contribution in [0.5, 0.6) is 0 Å². The number of furan rings is 1. The van der Waals surface area contributed by atoms with Gasteiger partial charge < -0.3 is 14.1 Å². The van der Waals surface area contributed by atoms with Gasteiger partial charge in [-0.05, 0) is 30.3 Å². The van der Waals surface area contributed by atoms with Gasteiger partial charge >= 0.3 is 5.97 Å². The second-order valence-corrected chi connectivity index (χ2v) is 5.83. The van der Waals surface area contributed by atoms with Gasteiger partial charge in [-0.2, -0.15) is 0 Å². The summed E-state index contributed by atoms with van der Waals surface area (Å²) in [7, 11) is 2.93. The number of rotatable bonds is 5. The van der Waals surface area contributed by atoms with Crippen LogP contribution >= 0.6 is 0 Å². The minimum atomic E-state index is -0.748. The molecule has 0 bridgehead atoms. The molecule has 8 heteroatoms. The molecule has 0 radical (unpaired) electrons. The fraction of sp³-hybridized carbons (Fsp3) is 0.222. The number of carbonyl (C=O) groups excluding carboxylic acids is 4. The Morgan fingerprint density at radius 3 is 2.58 bits per heavy atom. The molecule has 0 atom stereocenters. The quantitative estimate of drug-likeness (QED) is 0.592. The van der Waals surface area contributed by atoms with Crippen LogP contribution in [0.4, 0.5) is 0 Å². The van der Waals surface area contributed by atoms with E-state index in [1.54, 1.807) is 19.2 Å². The van der Waals surface area contributed by atoms with Gasteiger partial charge in [-0.25, -0.2) is 4.79 Å². The first-order valence-electron chi connectivity index (χ1n) is 7.78. The maximum absolute atomic E-state index is 12.1. The molecule has 0 saturated carbocycles. The number of nitrogens with zero attached hydrogens (tertiary/aromatic N) is 2. The third-order valence-corrected chi connectivity index (χ3v) is 4.05. The molecule has 0 saturated heterocycles. The molecule has 1 aliphatic heterocycles. The summed E-state index contributed by atoms with van der Waals surface area (Å²) in [5.41, 5.74) is 0.484. The fourth-order valence-electron chi connectivity index (χ4n) is 2.53. The average molecular weight is 356 g/mol. The highest BCUT2D eigenvalue weighted by atomic mass is 16.5. The fourth-order valence-corrected chi connectivity index (χ4v) is 2.53. The minimum absolute atomic E-state index is 0.0988. The molecule has 0 N–H and O–H groups in total. The van der Waals surface area contributed by atoms with Crippen LogP contribution in [0.25, 0.3) is 0 Å². The summed E-state index contributed by atoms with van der Waals surface area (Å²) in [5, 5.41) is 0. The molecule has 26 heavy (non-hydrogen) atoms. The lowest BCUT2D eigenvalue weighted by atomic mass is 10.1. The maximum atomic E-state index is 12.1. The van der Waals surface area contributed by atoms with Gasteiger partial charge in [-0.3, -0.25) is 19.3 Å². The molecule has 0 fully saturated rings. The third-order valence-electron chi connectivity index (χ3n) is 4.05. The van der Waals surface area contributed by atoms with Crippen LogP contribution in [-0.4, -0.2) is 54.2 Å². The van der Waals surface area contributed by atoms with Gasteiger partial charge in [-0.1, -0.05) is 0 Å². The number of imide groups is 1. The highest BCUT2D eigenvalue weighted by Gasteiger charge is 2.33. The van der Waals surface area contributed by atoms with Crippen molar-refractivity contribution in [2.75, 3.05) is 20.7 Å². The van der Waals surface area contributed by atoms with Gasteiger partial charge in [0.15, 0.2) is 6.61 Å². The summed E-state index contributed by atoms with van der Waals surface area (Å²) in [6.45, 7) is -0.189. The van der Waals surface area contributed by atoms with Crippen molar-refractivity contribution in [1.29, 1.82) is 0 Å². The number of hydrogen-bond donors (Lipinski definition) is 0. The standard InChI is InChI=1S/C18H16N2O6/c1-19(9-12-4-3-7-25-12)15(21)10-26-18(24)11-5-6-13-14(8-11)17(23)20(2)16(13)22/h3-8H,9-10H2,1-2H3. The van der Waals surface area contributed by atoms with Crippen molar-refractivity contribution in [3.05, 3.63) is 59.0 Å². The number of benzene rings is 1. The van der Waals surface area contributed by atoms with Crippen LogP contribution in [0, 0.1) is 0 Å². The Hall–Kier alpha value is -3.42. The molecule has 1 aromatic carbocycles. The van der Waals surface area contributed by atoms with E-state index in [1.807, 2.05) is 0 Å². The molecular weight excluding hydrogens is 340 g/mol. The van der Waals surface area contributed by atoms with Crippen molar-refractivity contribution in [2.45, 2.75) is 6.54 Å². The summed E-state index contributed by atoms with van der Waals surface area (Å²) < 4.78 is 10.2. The Kier molecular flexibility index (Phi) is 4.57. The average Bonchev–Trinajstić information content (AvgIpc) is 3.22. The second-order valence-electron chi connectivity index (χ2n) is 5.83. The van der Waals surface area contributed by atoms with Crippen molar-refractivity contribution in [3.8, 4) is 0 Å². The van der Waals surface area contributed by atoms with Crippen LogP contribution in [0.1, 0.15) is 36.8 Å². The Morgan fingerprint density at radius 1 is 1.15 bits per heavy atom. The van der Waals surface area contributed by atoms with E-state index in [0.29, 0.717) is 5.76 Å². The van der Waals surface area contributed by atoms with Crippen molar-refractivity contribution in [1.82, 2.24) is 9.80 Å². The Bertz CT molecular complexity index is 887. The van der Waals surface area contributed by atoms with E-state index in [9.17, 15) is 19.2 Å². The van der Waals surface area contributed by atoms with Gasteiger partial charge in [0.1, 0.15) is 5.76 Å². The van der Waals surface area contributed by atoms with Crippen LogP contribution in [0.3, 0.4) is 0 Å². The van der Waals surface area contributed by atoms with E-state index in [1.165, 1.54) is 36.4 Å². The van der Waals surface area contributed by atoms with Crippen molar-refractivity contribution in [2.24, 2.45) is 0 Å². The minimum Gasteiger partial charge on any atom is -0.467 e. The predicted octanol–water partition coefficient (Wildman–Crippen LogP) is 1.32. The molecule has 3 rings (SSSR count). The lowest BCUT2D eigenvalue weighted by Gasteiger charge is -2.15. The summed E-state index contributed by atoms with van der Waals surface area (Å²) >= 11 is 0. The van der Waals surface area contributed by atoms with Gasteiger partial charge in [0, 0.05) is 14.1 Å². The third kappa shape index (κ3) is 3.21. The van der Waals surface area contributed by atoms with Crippen molar-refractivity contribution < 1.29 is 28.3 Å². The molecule has 0 aliphatic carbocycles. The van der Waals surface area contributed by atoms with E-state index >= 15 is 0 Å². The molecule has 2 aromatic rings. The highest BCUT2D eigenvalue weighted by Crippen LogP contribution is 2.23. The second kappa shape index (κ2) is 6.83. The number of carbonyl (C=O) groups is 4. The Balaban J connectivity index is 1.61. The zero-order valence-corrected chi connectivity index (χ0v) is 14.2. The first-order chi connectivity index (χ1) is 12.4. The molecule has 0 spiro atoms. The van der Waals surface area contributed by atoms with Gasteiger partial charge in [0.05, 0.1) is 29.5 Å². The zero-order valence-electron chi connectivity index (χ0n) is 14.2. The number of amides is 3. The van der Waals surface area contributed by atoms with Crippen LogP contribution in [0.2, 0.25) is 0 Å².